The zero-order chi connectivity index (χ0) is 17.9. The Kier molecular flexibility index (Phi) is 5.96. The van der Waals surface area contributed by atoms with E-state index in [4.69, 9.17) is 16.3 Å². The zero-order valence-corrected chi connectivity index (χ0v) is 15.5. The first-order valence-corrected chi connectivity index (χ1v) is 10.2. The first-order valence-electron chi connectivity index (χ1n) is 8.36. The maximum Gasteiger partial charge on any atom is 0.243 e. The lowest BCUT2D eigenvalue weighted by Gasteiger charge is -2.26. The molecule has 1 aromatic rings. The summed E-state index contributed by atoms with van der Waals surface area (Å²) in [5.74, 6) is -0.190. The second-order valence-corrected chi connectivity index (χ2v) is 8.53. The Morgan fingerprint density at radius 2 is 1.84 bits per heavy atom. The molecule has 0 aliphatic carbocycles. The minimum absolute atomic E-state index is 0.121. The molecule has 0 spiro atoms. The average Bonchev–Trinajstić information content (AvgIpc) is 3.10. The van der Waals surface area contributed by atoms with Gasteiger partial charge in [-0.2, -0.15) is 4.31 Å². The van der Waals surface area contributed by atoms with Crippen LogP contribution in [0.5, 0.6) is 0 Å². The molecule has 2 saturated heterocycles. The number of rotatable bonds is 5. The fraction of sp³-hybridized carbons (Fsp3) is 0.562. The number of sulfonamides is 1. The second kappa shape index (κ2) is 8.01. The van der Waals surface area contributed by atoms with Crippen LogP contribution in [-0.2, 0) is 19.6 Å². The van der Waals surface area contributed by atoms with Gasteiger partial charge < -0.3 is 10.1 Å². The number of morpholine rings is 1. The van der Waals surface area contributed by atoms with Gasteiger partial charge in [0.05, 0.1) is 35.4 Å². The molecule has 2 aliphatic heterocycles. The van der Waals surface area contributed by atoms with Crippen LogP contribution in [-0.4, -0.2) is 69.5 Å². The van der Waals surface area contributed by atoms with Gasteiger partial charge >= 0.3 is 0 Å². The number of nitrogens with zero attached hydrogens (tertiary/aromatic N) is 2. The number of nitrogens with one attached hydrogen (secondary N) is 1. The molecule has 9 heteroatoms. The van der Waals surface area contributed by atoms with Crippen LogP contribution in [0.4, 0.5) is 5.69 Å². The van der Waals surface area contributed by atoms with Crippen molar-refractivity contribution in [2.75, 3.05) is 51.3 Å². The molecule has 7 nitrogen and oxygen atoms in total. The van der Waals surface area contributed by atoms with Crippen molar-refractivity contribution >= 4 is 33.2 Å². The molecule has 1 amide bonds. The number of amides is 1. The highest BCUT2D eigenvalue weighted by Gasteiger charge is 2.27. The van der Waals surface area contributed by atoms with Crippen LogP contribution >= 0.6 is 11.6 Å². The molecule has 0 atom stereocenters. The predicted octanol–water partition coefficient (Wildman–Crippen LogP) is 1.40. The number of carbonyl (C=O) groups is 1. The van der Waals surface area contributed by atoms with E-state index in [9.17, 15) is 13.2 Å². The lowest BCUT2D eigenvalue weighted by molar-refractivity contribution is -0.117. The molecule has 0 aromatic heterocycles. The lowest BCUT2D eigenvalue weighted by Crippen LogP contribution is -2.40. The number of carbonyl (C=O) groups excluding carboxylic acids is 1. The van der Waals surface area contributed by atoms with Crippen LogP contribution in [0.2, 0.25) is 5.02 Å². The largest absolute Gasteiger partial charge is 0.379 e. The molecule has 2 aliphatic rings. The van der Waals surface area contributed by atoms with Crippen LogP contribution < -0.4 is 5.32 Å². The SMILES string of the molecule is O=C(CN1CCCC1)Nc1cc(S(=O)(=O)N2CCOCC2)ccc1Cl. The minimum Gasteiger partial charge on any atom is -0.379 e. The van der Waals surface area contributed by atoms with E-state index in [2.05, 4.69) is 10.2 Å². The third-order valence-electron chi connectivity index (χ3n) is 4.39. The summed E-state index contributed by atoms with van der Waals surface area (Å²) in [6.07, 6.45) is 2.20. The van der Waals surface area contributed by atoms with Crippen LogP contribution in [0.1, 0.15) is 12.8 Å². The molecular weight excluding hydrogens is 366 g/mol. The molecular formula is C16H22ClN3O4S. The highest BCUT2D eigenvalue weighted by atomic mass is 35.5. The van der Waals surface area contributed by atoms with Crippen molar-refractivity contribution in [1.82, 2.24) is 9.21 Å². The van der Waals surface area contributed by atoms with Crippen molar-refractivity contribution in [3.8, 4) is 0 Å². The molecule has 2 heterocycles. The molecule has 25 heavy (non-hydrogen) atoms. The summed E-state index contributed by atoms with van der Waals surface area (Å²) in [6.45, 7) is 3.51. The maximum absolute atomic E-state index is 12.7. The summed E-state index contributed by atoms with van der Waals surface area (Å²) in [7, 11) is -3.63. The van der Waals surface area contributed by atoms with E-state index in [-0.39, 0.29) is 17.3 Å². The number of anilines is 1. The van der Waals surface area contributed by atoms with E-state index in [1.165, 1.54) is 22.5 Å². The molecule has 0 unspecified atom stereocenters. The van der Waals surface area contributed by atoms with Crippen molar-refractivity contribution in [2.24, 2.45) is 0 Å². The quantitative estimate of drug-likeness (QED) is 0.826. The molecule has 2 fully saturated rings. The van der Waals surface area contributed by atoms with Gasteiger partial charge in [0.15, 0.2) is 0 Å². The Morgan fingerprint density at radius 3 is 2.52 bits per heavy atom. The van der Waals surface area contributed by atoms with Crippen molar-refractivity contribution in [2.45, 2.75) is 17.7 Å². The van der Waals surface area contributed by atoms with Crippen molar-refractivity contribution in [3.63, 3.8) is 0 Å². The van der Waals surface area contributed by atoms with Gasteiger partial charge in [0.1, 0.15) is 0 Å². The molecule has 0 radical (unpaired) electrons. The summed E-state index contributed by atoms with van der Waals surface area (Å²) in [4.78, 5) is 14.4. The van der Waals surface area contributed by atoms with E-state index in [1.54, 1.807) is 0 Å². The maximum atomic E-state index is 12.7. The first-order chi connectivity index (χ1) is 12.0. The molecule has 1 aromatic carbocycles. The summed E-state index contributed by atoms with van der Waals surface area (Å²) in [6, 6.07) is 4.39. The van der Waals surface area contributed by atoms with Crippen molar-refractivity contribution < 1.29 is 17.9 Å². The monoisotopic (exact) mass is 387 g/mol. The topological polar surface area (TPSA) is 79.0 Å². The fourth-order valence-corrected chi connectivity index (χ4v) is 4.63. The number of ether oxygens (including phenoxy) is 1. The average molecular weight is 388 g/mol. The van der Waals surface area contributed by atoms with Crippen LogP contribution in [0, 0.1) is 0 Å². The van der Waals surface area contributed by atoms with Gasteiger partial charge in [-0.25, -0.2) is 8.42 Å². The predicted molar refractivity (Wildman–Crippen MR) is 95.3 cm³/mol. The van der Waals surface area contributed by atoms with Gasteiger partial charge in [0, 0.05) is 13.1 Å². The molecule has 1 N–H and O–H groups in total. The van der Waals surface area contributed by atoms with Crippen molar-refractivity contribution in [1.29, 1.82) is 0 Å². The molecule has 138 valence electrons. The Bertz CT molecular complexity index is 729. The molecule has 3 rings (SSSR count). The third kappa shape index (κ3) is 4.51. The van der Waals surface area contributed by atoms with E-state index >= 15 is 0 Å². The summed E-state index contributed by atoms with van der Waals surface area (Å²) in [5, 5.41) is 3.05. The summed E-state index contributed by atoms with van der Waals surface area (Å²) < 4.78 is 32.0. The summed E-state index contributed by atoms with van der Waals surface area (Å²) in [5.41, 5.74) is 0.320. The van der Waals surface area contributed by atoms with Crippen LogP contribution in [0.3, 0.4) is 0 Å². The van der Waals surface area contributed by atoms with E-state index in [0.29, 0.717) is 37.0 Å². The van der Waals surface area contributed by atoms with Crippen molar-refractivity contribution in [3.05, 3.63) is 23.2 Å². The summed E-state index contributed by atoms with van der Waals surface area (Å²) >= 11 is 6.14. The highest BCUT2D eigenvalue weighted by molar-refractivity contribution is 7.89. The lowest BCUT2D eigenvalue weighted by atomic mass is 10.3. The zero-order valence-electron chi connectivity index (χ0n) is 13.9. The van der Waals surface area contributed by atoms with E-state index in [1.807, 2.05) is 0 Å². The van der Waals surface area contributed by atoms with Gasteiger partial charge in [-0.3, -0.25) is 9.69 Å². The fourth-order valence-electron chi connectivity index (χ4n) is 3.03. The Morgan fingerprint density at radius 1 is 1.16 bits per heavy atom. The Balaban J connectivity index is 1.74. The number of likely N-dealkylation sites (tertiary alicyclic amines) is 1. The molecule has 0 saturated carbocycles. The minimum atomic E-state index is -3.63. The number of halogens is 1. The van der Waals surface area contributed by atoms with E-state index < -0.39 is 10.0 Å². The normalized spacial score (nSPS) is 19.9. The standard InChI is InChI=1S/C16H22ClN3O4S/c17-14-4-3-13(25(22,23)20-7-9-24-10-8-20)11-15(14)18-16(21)12-19-5-1-2-6-19/h3-4,11H,1-2,5-10,12H2,(H,18,21). The number of hydrogen-bond acceptors (Lipinski definition) is 5. The van der Waals surface area contributed by atoms with Gasteiger partial charge in [-0.05, 0) is 44.1 Å². The van der Waals surface area contributed by atoms with Crippen LogP contribution in [0.15, 0.2) is 23.1 Å². The van der Waals surface area contributed by atoms with Gasteiger partial charge in [0.25, 0.3) is 0 Å². The highest BCUT2D eigenvalue weighted by Crippen LogP contribution is 2.27. The molecule has 0 bridgehead atoms. The number of hydrogen-bond donors (Lipinski definition) is 1. The Labute approximate surface area is 152 Å². The van der Waals surface area contributed by atoms with E-state index in [0.717, 1.165) is 25.9 Å². The first kappa shape index (κ1) is 18.6. The second-order valence-electron chi connectivity index (χ2n) is 6.19. The van der Waals surface area contributed by atoms with Gasteiger partial charge in [-0.15, -0.1) is 0 Å². The smallest absolute Gasteiger partial charge is 0.243 e. The number of benzene rings is 1. The van der Waals surface area contributed by atoms with Gasteiger partial charge in [0.2, 0.25) is 15.9 Å². The van der Waals surface area contributed by atoms with Gasteiger partial charge in [-0.1, -0.05) is 11.6 Å². The van der Waals surface area contributed by atoms with Crippen LogP contribution in [0.25, 0.3) is 0 Å². The third-order valence-corrected chi connectivity index (χ3v) is 6.61. The Hall–Kier alpha value is -1.19.